The van der Waals surface area contributed by atoms with Crippen LogP contribution in [0.1, 0.15) is 12.1 Å². The monoisotopic (exact) mass is 289 g/mol. The molecule has 1 heterocycles. The van der Waals surface area contributed by atoms with Gasteiger partial charge in [0, 0.05) is 32.3 Å². The lowest BCUT2D eigenvalue weighted by Gasteiger charge is -2.06. The zero-order valence-corrected chi connectivity index (χ0v) is 11.1. The Kier molecular flexibility index (Phi) is 5.48. The maximum Gasteiger partial charge on any atom is 0.221 e. The lowest BCUT2D eigenvalue weighted by atomic mass is 10.4. The molecule has 0 aliphatic rings. The fourth-order valence-corrected chi connectivity index (χ4v) is 1.53. The van der Waals surface area contributed by atoms with Crippen molar-refractivity contribution in [2.45, 2.75) is 19.9 Å². The third-order valence-corrected chi connectivity index (χ3v) is 3.00. The second-order valence-corrected chi connectivity index (χ2v) is 4.25. The van der Waals surface area contributed by atoms with Crippen LogP contribution in [0, 0.1) is 6.92 Å². The Hall–Kier alpha value is -0.880. The zero-order chi connectivity index (χ0) is 12.0. The van der Waals surface area contributed by atoms with Crippen LogP contribution in [0.3, 0.4) is 0 Å². The van der Waals surface area contributed by atoms with Crippen LogP contribution in [0.4, 0.5) is 0 Å². The fourth-order valence-electron chi connectivity index (χ4n) is 1.24. The highest BCUT2D eigenvalue weighted by molar-refractivity contribution is 9.10. The molecule has 90 valence electrons. The van der Waals surface area contributed by atoms with Crippen LogP contribution in [0.15, 0.2) is 10.7 Å². The van der Waals surface area contributed by atoms with Gasteiger partial charge in [0.25, 0.3) is 0 Å². The van der Waals surface area contributed by atoms with Crippen molar-refractivity contribution in [3.05, 3.63) is 16.4 Å². The van der Waals surface area contributed by atoms with Crippen molar-refractivity contribution in [2.24, 2.45) is 0 Å². The van der Waals surface area contributed by atoms with E-state index in [1.807, 2.05) is 6.92 Å². The van der Waals surface area contributed by atoms with Crippen molar-refractivity contribution < 1.29 is 9.53 Å². The smallest absolute Gasteiger partial charge is 0.221 e. The maximum absolute atomic E-state index is 11.4. The van der Waals surface area contributed by atoms with Crippen LogP contribution in [0.5, 0.6) is 0 Å². The van der Waals surface area contributed by atoms with Crippen molar-refractivity contribution in [1.29, 1.82) is 0 Å². The maximum atomic E-state index is 11.4. The molecule has 0 radical (unpaired) electrons. The number of carbonyl (C=O) groups excluding carboxylic acids is 1. The van der Waals surface area contributed by atoms with Crippen molar-refractivity contribution in [3.63, 3.8) is 0 Å². The Morgan fingerprint density at radius 2 is 2.44 bits per heavy atom. The lowest BCUT2D eigenvalue weighted by Crippen LogP contribution is -2.27. The first kappa shape index (κ1) is 13.2. The number of aryl methyl sites for hydroxylation is 1. The molecule has 1 rings (SSSR count). The van der Waals surface area contributed by atoms with Crippen molar-refractivity contribution in [1.82, 2.24) is 15.1 Å². The molecule has 0 atom stereocenters. The normalized spacial score (nSPS) is 10.4. The largest absolute Gasteiger partial charge is 0.383 e. The number of amides is 1. The molecule has 1 aromatic heterocycles. The van der Waals surface area contributed by atoms with Gasteiger partial charge in [-0.05, 0) is 22.9 Å². The number of methoxy groups -OCH3 is 1. The summed E-state index contributed by atoms with van der Waals surface area (Å²) in [6, 6.07) is 0. The molecule has 1 aromatic rings. The van der Waals surface area contributed by atoms with Crippen LogP contribution in [-0.2, 0) is 16.1 Å². The molecular weight excluding hydrogens is 274 g/mol. The number of hydrogen-bond acceptors (Lipinski definition) is 3. The van der Waals surface area contributed by atoms with E-state index in [1.54, 1.807) is 18.0 Å². The Balaban J connectivity index is 2.29. The van der Waals surface area contributed by atoms with Crippen molar-refractivity contribution in [2.75, 3.05) is 20.3 Å². The van der Waals surface area contributed by atoms with Gasteiger partial charge in [0.2, 0.25) is 5.91 Å². The number of ether oxygens (including phenoxy) is 1. The average Bonchev–Trinajstić information content (AvgIpc) is 2.58. The van der Waals surface area contributed by atoms with Gasteiger partial charge >= 0.3 is 0 Å². The predicted molar refractivity (Wildman–Crippen MR) is 64.2 cm³/mol. The summed E-state index contributed by atoms with van der Waals surface area (Å²) in [6.07, 6.45) is 2.16. The summed E-state index contributed by atoms with van der Waals surface area (Å²) in [6.45, 7) is 3.64. The van der Waals surface area contributed by atoms with E-state index in [0.717, 1.165) is 10.2 Å². The molecule has 6 heteroatoms. The summed E-state index contributed by atoms with van der Waals surface area (Å²) >= 11 is 3.37. The lowest BCUT2D eigenvalue weighted by molar-refractivity contribution is -0.121. The van der Waals surface area contributed by atoms with E-state index in [4.69, 9.17) is 4.74 Å². The van der Waals surface area contributed by atoms with Gasteiger partial charge in [-0.2, -0.15) is 5.10 Å². The highest BCUT2D eigenvalue weighted by atomic mass is 79.9. The Bertz CT molecular complexity index is 352. The number of carbonyl (C=O) groups is 1. The van der Waals surface area contributed by atoms with Crippen LogP contribution in [-0.4, -0.2) is 35.9 Å². The van der Waals surface area contributed by atoms with Crippen molar-refractivity contribution in [3.8, 4) is 0 Å². The molecule has 5 nitrogen and oxygen atoms in total. The number of nitrogens with zero attached hydrogens (tertiary/aromatic N) is 2. The highest BCUT2D eigenvalue weighted by Gasteiger charge is 2.05. The van der Waals surface area contributed by atoms with E-state index >= 15 is 0 Å². The Morgan fingerprint density at radius 1 is 1.69 bits per heavy atom. The molecule has 0 spiro atoms. The molecule has 0 fully saturated rings. The van der Waals surface area contributed by atoms with E-state index < -0.39 is 0 Å². The quantitative estimate of drug-likeness (QED) is 0.798. The first-order valence-electron chi connectivity index (χ1n) is 5.08. The Morgan fingerprint density at radius 3 is 3.00 bits per heavy atom. The number of nitrogens with one attached hydrogen (secondary N) is 1. The standard InChI is InChI=1S/C10H16BrN3O2/c1-8-9(11)7-13-14(8)5-3-10(15)12-4-6-16-2/h7H,3-6H2,1-2H3,(H,12,15). The summed E-state index contributed by atoms with van der Waals surface area (Å²) in [5, 5.41) is 6.91. The molecule has 0 saturated heterocycles. The summed E-state index contributed by atoms with van der Waals surface area (Å²) in [7, 11) is 1.61. The second-order valence-electron chi connectivity index (χ2n) is 3.39. The molecular formula is C10H16BrN3O2. The molecule has 0 bridgehead atoms. The van der Waals surface area contributed by atoms with Gasteiger partial charge in [-0.1, -0.05) is 0 Å². The average molecular weight is 290 g/mol. The number of aromatic nitrogens is 2. The van der Waals surface area contributed by atoms with Gasteiger partial charge in [-0.15, -0.1) is 0 Å². The van der Waals surface area contributed by atoms with Crippen LogP contribution in [0.2, 0.25) is 0 Å². The summed E-state index contributed by atoms with van der Waals surface area (Å²) in [5.41, 5.74) is 1.03. The van der Waals surface area contributed by atoms with E-state index in [1.165, 1.54) is 0 Å². The molecule has 0 aliphatic carbocycles. The summed E-state index contributed by atoms with van der Waals surface area (Å²) in [5.74, 6) is 0.0167. The van der Waals surface area contributed by atoms with Crippen molar-refractivity contribution >= 4 is 21.8 Å². The van der Waals surface area contributed by atoms with Gasteiger partial charge in [0.05, 0.1) is 17.3 Å². The summed E-state index contributed by atoms with van der Waals surface area (Å²) in [4.78, 5) is 11.4. The van der Waals surface area contributed by atoms with Gasteiger partial charge in [0.1, 0.15) is 0 Å². The van der Waals surface area contributed by atoms with Gasteiger partial charge in [-0.25, -0.2) is 0 Å². The minimum Gasteiger partial charge on any atom is -0.383 e. The molecule has 0 unspecified atom stereocenters. The highest BCUT2D eigenvalue weighted by Crippen LogP contribution is 2.14. The van der Waals surface area contributed by atoms with Gasteiger partial charge in [-0.3, -0.25) is 9.48 Å². The van der Waals surface area contributed by atoms with Crippen LogP contribution >= 0.6 is 15.9 Å². The first-order valence-corrected chi connectivity index (χ1v) is 5.88. The third-order valence-electron chi connectivity index (χ3n) is 2.22. The van der Waals surface area contributed by atoms with Crippen LogP contribution < -0.4 is 5.32 Å². The molecule has 0 saturated carbocycles. The topological polar surface area (TPSA) is 56.1 Å². The first-order chi connectivity index (χ1) is 7.65. The SMILES string of the molecule is COCCNC(=O)CCn1ncc(Br)c1C. The van der Waals surface area contributed by atoms with Crippen LogP contribution in [0.25, 0.3) is 0 Å². The minimum absolute atomic E-state index is 0.0167. The molecule has 0 aromatic carbocycles. The number of hydrogen-bond donors (Lipinski definition) is 1. The summed E-state index contributed by atoms with van der Waals surface area (Å²) < 4.78 is 7.61. The molecule has 1 N–H and O–H groups in total. The zero-order valence-electron chi connectivity index (χ0n) is 9.49. The van der Waals surface area contributed by atoms with E-state index in [0.29, 0.717) is 26.1 Å². The molecule has 16 heavy (non-hydrogen) atoms. The number of rotatable bonds is 6. The van der Waals surface area contributed by atoms with Gasteiger partial charge in [0.15, 0.2) is 0 Å². The predicted octanol–water partition coefficient (Wildman–Crippen LogP) is 1.11. The Labute approximate surface area is 103 Å². The van der Waals surface area contributed by atoms with Gasteiger partial charge < -0.3 is 10.1 Å². The van der Waals surface area contributed by atoms with E-state index in [-0.39, 0.29) is 5.91 Å². The van der Waals surface area contributed by atoms with E-state index in [9.17, 15) is 4.79 Å². The number of halogens is 1. The third kappa shape index (κ3) is 3.94. The molecule has 0 aliphatic heterocycles. The fraction of sp³-hybridized carbons (Fsp3) is 0.600. The second kappa shape index (κ2) is 6.65. The molecule has 1 amide bonds. The minimum atomic E-state index is 0.0167. The van der Waals surface area contributed by atoms with E-state index in [2.05, 4.69) is 26.3 Å².